The topological polar surface area (TPSA) is 39.4 Å². The first-order valence-corrected chi connectivity index (χ1v) is 6.36. The first-order chi connectivity index (χ1) is 8.97. The van der Waals surface area contributed by atoms with Crippen LogP contribution in [0.25, 0.3) is 0 Å². The van der Waals surface area contributed by atoms with Crippen molar-refractivity contribution in [1.29, 1.82) is 0 Å². The minimum Gasteiger partial charge on any atom is -0.491 e. The number of rotatable bonds is 4. The van der Waals surface area contributed by atoms with Gasteiger partial charge in [-0.3, -0.25) is 4.79 Å². The number of carbonyl (C=O) groups excluding carboxylic acids is 1. The molecular weight excluding hydrogens is 240 g/mol. The maximum absolute atomic E-state index is 12.3. The highest BCUT2D eigenvalue weighted by Crippen LogP contribution is 2.20. The second-order valence-corrected chi connectivity index (χ2v) is 4.85. The number of benzene rings is 1. The first-order valence-electron chi connectivity index (χ1n) is 6.36. The quantitative estimate of drug-likeness (QED) is 0.780. The molecular formula is C16H18O3. The molecule has 3 heteroatoms. The van der Waals surface area contributed by atoms with Crippen LogP contribution in [0.1, 0.15) is 41.3 Å². The van der Waals surface area contributed by atoms with Gasteiger partial charge in [0.1, 0.15) is 17.3 Å². The molecule has 0 aliphatic rings. The molecule has 100 valence electrons. The summed E-state index contributed by atoms with van der Waals surface area (Å²) >= 11 is 0. The van der Waals surface area contributed by atoms with Crippen LogP contribution in [0.2, 0.25) is 0 Å². The Hall–Kier alpha value is -2.03. The van der Waals surface area contributed by atoms with Crippen LogP contribution in [0.15, 0.2) is 34.7 Å². The van der Waals surface area contributed by atoms with E-state index in [4.69, 9.17) is 9.15 Å². The molecule has 0 amide bonds. The maximum atomic E-state index is 12.3. The molecule has 0 atom stereocenters. The van der Waals surface area contributed by atoms with Gasteiger partial charge in [-0.15, -0.1) is 0 Å². The summed E-state index contributed by atoms with van der Waals surface area (Å²) in [6.07, 6.45) is 0.125. The van der Waals surface area contributed by atoms with Crippen LogP contribution in [0.5, 0.6) is 5.75 Å². The summed E-state index contributed by atoms with van der Waals surface area (Å²) in [6, 6.07) is 8.96. The highest BCUT2D eigenvalue weighted by molar-refractivity contribution is 6.09. The van der Waals surface area contributed by atoms with Gasteiger partial charge in [-0.25, -0.2) is 0 Å². The molecule has 0 unspecified atom stereocenters. The van der Waals surface area contributed by atoms with E-state index in [1.165, 1.54) is 0 Å². The molecule has 0 aliphatic heterocycles. The Morgan fingerprint density at radius 2 is 1.79 bits per heavy atom. The van der Waals surface area contributed by atoms with E-state index in [0.717, 1.165) is 11.5 Å². The first kappa shape index (κ1) is 13.4. The van der Waals surface area contributed by atoms with Crippen molar-refractivity contribution in [3.05, 3.63) is 53.0 Å². The lowest BCUT2D eigenvalue weighted by Crippen LogP contribution is -2.06. The zero-order valence-corrected chi connectivity index (χ0v) is 11.7. The molecule has 0 bridgehead atoms. The molecule has 0 N–H and O–H groups in total. The predicted molar refractivity (Wildman–Crippen MR) is 73.8 cm³/mol. The molecule has 1 aromatic heterocycles. The summed E-state index contributed by atoms with van der Waals surface area (Å²) in [5, 5.41) is 0. The average molecular weight is 258 g/mol. The van der Waals surface area contributed by atoms with E-state index in [1.807, 2.05) is 32.9 Å². The summed E-state index contributed by atoms with van der Waals surface area (Å²) in [4.78, 5) is 12.3. The second-order valence-electron chi connectivity index (χ2n) is 4.85. The van der Waals surface area contributed by atoms with Gasteiger partial charge in [-0.05, 0) is 58.0 Å². The molecule has 0 radical (unpaired) electrons. The van der Waals surface area contributed by atoms with E-state index >= 15 is 0 Å². The molecule has 0 saturated heterocycles. The molecule has 0 saturated carbocycles. The smallest absolute Gasteiger partial charge is 0.196 e. The Bertz CT molecular complexity index is 577. The van der Waals surface area contributed by atoms with Crippen LogP contribution in [0.3, 0.4) is 0 Å². The van der Waals surface area contributed by atoms with E-state index in [2.05, 4.69) is 0 Å². The SMILES string of the molecule is Cc1cc(C(=O)c2ccc(OC(C)C)cc2)c(C)o1. The lowest BCUT2D eigenvalue weighted by molar-refractivity contribution is 0.103. The Labute approximate surface area is 113 Å². The van der Waals surface area contributed by atoms with Gasteiger partial charge in [0, 0.05) is 5.56 Å². The van der Waals surface area contributed by atoms with Crippen LogP contribution in [0, 0.1) is 13.8 Å². The van der Waals surface area contributed by atoms with Crippen molar-refractivity contribution < 1.29 is 13.9 Å². The van der Waals surface area contributed by atoms with Gasteiger partial charge in [-0.2, -0.15) is 0 Å². The molecule has 0 aliphatic carbocycles. The van der Waals surface area contributed by atoms with Gasteiger partial charge in [0.25, 0.3) is 0 Å². The molecule has 3 nitrogen and oxygen atoms in total. The fourth-order valence-corrected chi connectivity index (χ4v) is 1.97. The van der Waals surface area contributed by atoms with Gasteiger partial charge in [0.05, 0.1) is 11.7 Å². The number of carbonyl (C=O) groups is 1. The lowest BCUT2D eigenvalue weighted by Gasteiger charge is -2.09. The third-order valence-electron chi connectivity index (χ3n) is 2.77. The number of hydrogen-bond acceptors (Lipinski definition) is 3. The van der Waals surface area contributed by atoms with Crippen molar-refractivity contribution in [1.82, 2.24) is 0 Å². The highest BCUT2D eigenvalue weighted by atomic mass is 16.5. The van der Waals surface area contributed by atoms with Crippen LogP contribution in [-0.2, 0) is 0 Å². The molecule has 19 heavy (non-hydrogen) atoms. The summed E-state index contributed by atoms with van der Waals surface area (Å²) in [6.45, 7) is 7.58. The maximum Gasteiger partial charge on any atom is 0.196 e. The third kappa shape index (κ3) is 3.05. The van der Waals surface area contributed by atoms with Gasteiger partial charge >= 0.3 is 0 Å². The molecule has 0 spiro atoms. The summed E-state index contributed by atoms with van der Waals surface area (Å²) in [5.41, 5.74) is 1.26. The normalized spacial score (nSPS) is 10.8. The number of ether oxygens (including phenoxy) is 1. The van der Waals surface area contributed by atoms with Gasteiger partial charge in [0.15, 0.2) is 5.78 Å². The van der Waals surface area contributed by atoms with Crippen molar-refractivity contribution in [2.45, 2.75) is 33.8 Å². The van der Waals surface area contributed by atoms with Crippen molar-refractivity contribution in [2.24, 2.45) is 0 Å². The van der Waals surface area contributed by atoms with Gasteiger partial charge in [0.2, 0.25) is 0 Å². The minimum atomic E-state index is -0.0227. The van der Waals surface area contributed by atoms with E-state index < -0.39 is 0 Å². The fourth-order valence-electron chi connectivity index (χ4n) is 1.97. The lowest BCUT2D eigenvalue weighted by atomic mass is 10.0. The van der Waals surface area contributed by atoms with Crippen LogP contribution < -0.4 is 4.74 Å². The zero-order chi connectivity index (χ0) is 14.0. The van der Waals surface area contributed by atoms with E-state index in [-0.39, 0.29) is 11.9 Å². The Balaban J connectivity index is 2.22. The Kier molecular flexibility index (Phi) is 3.74. The summed E-state index contributed by atoms with van der Waals surface area (Å²) in [5.74, 6) is 2.16. The van der Waals surface area contributed by atoms with Crippen molar-refractivity contribution >= 4 is 5.78 Å². The van der Waals surface area contributed by atoms with E-state index in [1.54, 1.807) is 25.1 Å². The number of ketones is 1. The van der Waals surface area contributed by atoms with Gasteiger partial charge in [-0.1, -0.05) is 0 Å². The number of furan rings is 1. The second kappa shape index (κ2) is 5.31. The summed E-state index contributed by atoms with van der Waals surface area (Å²) < 4.78 is 10.9. The third-order valence-corrected chi connectivity index (χ3v) is 2.77. The molecule has 1 aromatic carbocycles. The Morgan fingerprint density at radius 1 is 1.16 bits per heavy atom. The van der Waals surface area contributed by atoms with E-state index in [9.17, 15) is 4.79 Å². The minimum absolute atomic E-state index is 0.0227. The predicted octanol–water partition coefficient (Wildman–Crippen LogP) is 3.91. The van der Waals surface area contributed by atoms with Gasteiger partial charge < -0.3 is 9.15 Å². The van der Waals surface area contributed by atoms with Crippen LogP contribution >= 0.6 is 0 Å². The molecule has 2 rings (SSSR count). The molecule has 0 fully saturated rings. The largest absolute Gasteiger partial charge is 0.491 e. The van der Waals surface area contributed by atoms with E-state index in [0.29, 0.717) is 16.9 Å². The monoisotopic (exact) mass is 258 g/mol. The number of hydrogen-bond donors (Lipinski definition) is 0. The fraction of sp³-hybridized carbons (Fsp3) is 0.312. The van der Waals surface area contributed by atoms with Crippen LogP contribution in [-0.4, -0.2) is 11.9 Å². The Morgan fingerprint density at radius 3 is 2.26 bits per heavy atom. The highest BCUT2D eigenvalue weighted by Gasteiger charge is 2.15. The van der Waals surface area contributed by atoms with Crippen molar-refractivity contribution in [3.63, 3.8) is 0 Å². The van der Waals surface area contributed by atoms with Crippen LogP contribution in [0.4, 0.5) is 0 Å². The standard InChI is InChI=1S/C16H18O3/c1-10(2)18-14-7-5-13(6-8-14)16(17)15-9-11(3)19-12(15)4/h5-10H,1-4H3. The summed E-state index contributed by atoms with van der Waals surface area (Å²) in [7, 11) is 0. The molecule has 2 aromatic rings. The molecule has 1 heterocycles. The van der Waals surface area contributed by atoms with Crippen molar-refractivity contribution in [3.8, 4) is 5.75 Å². The zero-order valence-electron chi connectivity index (χ0n) is 11.7. The number of aryl methyl sites for hydroxylation is 2. The van der Waals surface area contributed by atoms with Crippen molar-refractivity contribution in [2.75, 3.05) is 0 Å². The average Bonchev–Trinajstić information content (AvgIpc) is 2.68.